The van der Waals surface area contributed by atoms with Crippen LogP contribution in [0.3, 0.4) is 0 Å². The molecule has 0 bridgehead atoms. The van der Waals surface area contributed by atoms with Crippen molar-refractivity contribution in [3.05, 3.63) is 53.1 Å². The first-order valence-corrected chi connectivity index (χ1v) is 8.09. The highest BCUT2D eigenvalue weighted by Gasteiger charge is 2.30. The molecule has 120 valence electrons. The molecule has 7 heteroatoms. The number of likely N-dealkylation sites (N-methyl/N-ethyl adjacent to an activating group) is 1. The molecule has 0 saturated carbocycles. The number of hydrogen-bond acceptors (Lipinski definition) is 6. The number of pyridine rings is 1. The number of aromatic nitrogens is 1. The molecule has 24 heavy (non-hydrogen) atoms. The highest BCUT2D eigenvalue weighted by atomic mass is 32.2. The molecule has 1 aromatic heterocycles. The summed E-state index contributed by atoms with van der Waals surface area (Å²) in [5.41, 5.74) is 0.877. The standard InChI is InChI=1S/C17H13N3O3S/c1-20-16(21)14(24-17(20)19-15-4-2-3-7-18-15)9-11-5-6-12-13(8-11)23-10-22-12/h2-9H,10H2,1H3/b14-9-,19-17+. The summed E-state index contributed by atoms with van der Waals surface area (Å²) < 4.78 is 10.7. The smallest absolute Gasteiger partial charge is 0.266 e. The number of thioether (sulfide) groups is 1. The van der Waals surface area contributed by atoms with Crippen LogP contribution in [0, 0.1) is 0 Å². The van der Waals surface area contributed by atoms with E-state index in [0.29, 0.717) is 21.6 Å². The first-order valence-electron chi connectivity index (χ1n) is 7.28. The summed E-state index contributed by atoms with van der Waals surface area (Å²) in [6.45, 7) is 0.229. The number of benzene rings is 1. The van der Waals surface area contributed by atoms with Gasteiger partial charge in [-0.1, -0.05) is 12.1 Å². The quantitative estimate of drug-likeness (QED) is 0.787. The van der Waals surface area contributed by atoms with E-state index in [2.05, 4.69) is 9.98 Å². The van der Waals surface area contributed by atoms with E-state index < -0.39 is 0 Å². The Labute approximate surface area is 142 Å². The van der Waals surface area contributed by atoms with Gasteiger partial charge in [-0.3, -0.25) is 9.69 Å². The fourth-order valence-electron chi connectivity index (χ4n) is 2.32. The summed E-state index contributed by atoms with van der Waals surface area (Å²) in [7, 11) is 1.71. The minimum atomic E-state index is -0.0904. The van der Waals surface area contributed by atoms with Gasteiger partial charge < -0.3 is 9.47 Å². The SMILES string of the molecule is CN1C(=O)/C(=C/c2ccc3c(c2)OCO3)S/C1=N/c1ccccn1. The van der Waals surface area contributed by atoms with Crippen molar-refractivity contribution >= 4 is 34.7 Å². The molecule has 0 atom stereocenters. The van der Waals surface area contributed by atoms with Crippen LogP contribution in [-0.2, 0) is 4.79 Å². The molecule has 1 aromatic carbocycles. The molecule has 2 aromatic rings. The van der Waals surface area contributed by atoms with Gasteiger partial charge in [0.2, 0.25) is 6.79 Å². The molecule has 1 fully saturated rings. The van der Waals surface area contributed by atoms with Crippen LogP contribution in [-0.4, -0.2) is 34.8 Å². The average molecular weight is 339 g/mol. The largest absolute Gasteiger partial charge is 0.454 e. The molecule has 4 rings (SSSR count). The molecule has 1 amide bonds. The summed E-state index contributed by atoms with van der Waals surface area (Å²) >= 11 is 1.33. The first-order chi connectivity index (χ1) is 11.7. The fourth-order valence-corrected chi connectivity index (χ4v) is 3.30. The number of aliphatic imine (C=N–C) groups is 1. The zero-order valence-corrected chi connectivity index (χ0v) is 13.6. The molecule has 0 N–H and O–H groups in total. The van der Waals surface area contributed by atoms with Gasteiger partial charge in [0, 0.05) is 13.2 Å². The van der Waals surface area contributed by atoms with Crippen molar-refractivity contribution in [2.75, 3.05) is 13.8 Å². The lowest BCUT2D eigenvalue weighted by Gasteiger charge is -2.06. The molecule has 1 saturated heterocycles. The van der Waals surface area contributed by atoms with Gasteiger partial charge in [0.05, 0.1) is 4.91 Å². The Hall–Kier alpha value is -2.80. The van der Waals surface area contributed by atoms with E-state index in [1.807, 2.05) is 36.4 Å². The zero-order chi connectivity index (χ0) is 16.5. The predicted octanol–water partition coefficient (Wildman–Crippen LogP) is 3.04. The molecule has 0 spiro atoms. The number of fused-ring (bicyclic) bond motifs is 1. The third-order valence-electron chi connectivity index (χ3n) is 3.56. The number of rotatable bonds is 2. The summed E-state index contributed by atoms with van der Waals surface area (Å²) in [5, 5.41) is 0.602. The molecule has 0 unspecified atom stereocenters. The van der Waals surface area contributed by atoms with E-state index in [-0.39, 0.29) is 12.7 Å². The van der Waals surface area contributed by atoms with Gasteiger partial charge in [0.25, 0.3) is 5.91 Å². The molecule has 6 nitrogen and oxygen atoms in total. The Bertz CT molecular complexity index is 865. The number of nitrogens with zero attached hydrogens (tertiary/aromatic N) is 3. The molecule has 2 aliphatic heterocycles. The number of hydrogen-bond donors (Lipinski definition) is 0. The van der Waals surface area contributed by atoms with Gasteiger partial charge in [0.1, 0.15) is 0 Å². The highest BCUT2D eigenvalue weighted by Crippen LogP contribution is 2.36. The van der Waals surface area contributed by atoms with Crippen molar-refractivity contribution in [1.29, 1.82) is 0 Å². The first kappa shape index (κ1) is 14.8. The van der Waals surface area contributed by atoms with Crippen molar-refractivity contribution < 1.29 is 14.3 Å². The van der Waals surface area contributed by atoms with E-state index in [0.717, 1.165) is 11.3 Å². The minimum Gasteiger partial charge on any atom is -0.454 e. The third kappa shape index (κ3) is 2.74. The van der Waals surface area contributed by atoms with Crippen molar-refractivity contribution in [3.8, 4) is 11.5 Å². The van der Waals surface area contributed by atoms with E-state index in [9.17, 15) is 4.79 Å². The Balaban J connectivity index is 1.62. The van der Waals surface area contributed by atoms with Crippen LogP contribution >= 0.6 is 11.8 Å². The van der Waals surface area contributed by atoms with Gasteiger partial charge in [-0.15, -0.1) is 0 Å². The predicted molar refractivity (Wildman–Crippen MR) is 92.2 cm³/mol. The zero-order valence-electron chi connectivity index (χ0n) is 12.8. The summed E-state index contributed by atoms with van der Waals surface area (Å²) in [5.74, 6) is 1.89. The Morgan fingerprint density at radius 1 is 1.25 bits per heavy atom. The van der Waals surface area contributed by atoms with Crippen molar-refractivity contribution in [2.24, 2.45) is 4.99 Å². The Morgan fingerprint density at radius 2 is 2.12 bits per heavy atom. The maximum absolute atomic E-state index is 12.4. The molecule has 3 heterocycles. The third-order valence-corrected chi connectivity index (χ3v) is 4.62. The highest BCUT2D eigenvalue weighted by molar-refractivity contribution is 8.18. The average Bonchev–Trinajstić information content (AvgIpc) is 3.16. The van der Waals surface area contributed by atoms with Crippen LogP contribution in [0.4, 0.5) is 5.82 Å². The van der Waals surface area contributed by atoms with Gasteiger partial charge >= 0.3 is 0 Å². The maximum atomic E-state index is 12.4. The number of carbonyl (C=O) groups excluding carboxylic acids is 1. The van der Waals surface area contributed by atoms with Crippen LogP contribution in [0.15, 0.2) is 52.5 Å². The van der Waals surface area contributed by atoms with Gasteiger partial charge in [0.15, 0.2) is 22.5 Å². The number of carbonyl (C=O) groups is 1. The lowest BCUT2D eigenvalue weighted by atomic mass is 10.2. The molecule has 0 aliphatic carbocycles. The van der Waals surface area contributed by atoms with Gasteiger partial charge in [-0.05, 0) is 47.7 Å². The number of ether oxygens (including phenoxy) is 2. The monoisotopic (exact) mass is 339 g/mol. The summed E-state index contributed by atoms with van der Waals surface area (Å²) in [4.78, 5) is 23.1. The summed E-state index contributed by atoms with van der Waals surface area (Å²) in [6.07, 6.45) is 3.50. The summed E-state index contributed by atoms with van der Waals surface area (Å²) in [6, 6.07) is 11.1. The number of amides is 1. The van der Waals surface area contributed by atoms with E-state index in [1.165, 1.54) is 16.7 Å². The maximum Gasteiger partial charge on any atom is 0.266 e. The van der Waals surface area contributed by atoms with Gasteiger partial charge in [-0.25, -0.2) is 9.98 Å². The van der Waals surface area contributed by atoms with Crippen LogP contribution in [0.1, 0.15) is 5.56 Å². The van der Waals surface area contributed by atoms with Crippen LogP contribution < -0.4 is 9.47 Å². The Morgan fingerprint density at radius 3 is 2.96 bits per heavy atom. The molecular formula is C17H13N3O3S. The molecular weight excluding hydrogens is 326 g/mol. The van der Waals surface area contributed by atoms with Crippen LogP contribution in [0.5, 0.6) is 11.5 Å². The van der Waals surface area contributed by atoms with E-state index in [4.69, 9.17) is 9.47 Å². The second-order valence-electron chi connectivity index (χ2n) is 5.17. The van der Waals surface area contributed by atoms with Gasteiger partial charge in [-0.2, -0.15) is 0 Å². The fraction of sp³-hybridized carbons (Fsp3) is 0.118. The molecule has 0 radical (unpaired) electrons. The van der Waals surface area contributed by atoms with Crippen molar-refractivity contribution in [2.45, 2.75) is 0 Å². The molecule has 2 aliphatic rings. The lowest BCUT2D eigenvalue weighted by Crippen LogP contribution is -2.23. The normalized spacial score (nSPS) is 19.5. The Kier molecular flexibility index (Phi) is 3.70. The van der Waals surface area contributed by atoms with Crippen LogP contribution in [0.25, 0.3) is 6.08 Å². The van der Waals surface area contributed by atoms with Crippen molar-refractivity contribution in [3.63, 3.8) is 0 Å². The van der Waals surface area contributed by atoms with E-state index in [1.54, 1.807) is 19.3 Å². The van der Waals surface area contributed by atoms with Crippen molar-refractivity contribution in [1.82, 2.24) is 9.88 Å². The van der Waals surface area contributed by atoms with Crippen LogP contribution in [0.2, 0.25) is 0 Å². The van der Waals surface area contributed by atoms with E-state index >= 15 is 0 Å². The lowest BCUT2D eigenvalue weighted by molar-refractivity contribution is -0.121. The topological polar surface area (TPSA) is 64.0 Å². The number of amidine groups is 1. The second kappa shape index (κ2) is 6.01. The minimum absolute atomic E-state index is 0.0904. The second-order valence-corrected chi connectivity index (χ2v) is 6.18.